The topological polar surface area (TPSA) is 88.7 Å². The van der Waals surface area contributed by atoms with Crippen LogP contribution in [-0.2, 0) is 9.59 Å². The quantitative estimate of drug-likeness (QED) is 0.686. The Balaban J connectivity index is 1.48. The zero-order valence-corrected chi connectivity index (χ0v) is 15.8. The number of thioether (sulfide) groups is 1. The SMILES string of the molecule is Cc1ccc(NC(=O)C[C@H]2SC(c3cc4ccccc4oc3=O)=NC2=O)cc1. The molecule has 2 heterocycles. The van der Waals surface area contributed by atoms with E-state index in [4.69, 9.17) is 4.42 Å². The molecule has 0 aliphatic carbocycles. The molecule has 0 saturated heterocycles. The maximum Gasteiger partial charge on any atom is 0.346 e. The van der Waals surface area contributed by atoms with Crippen LogP contribution in [0.4, 0.5) is 5.69 Å². The number of carbonyl (C=O) groups excluding carboxylic acids is 2. The number of para-hydroxylation sites is 1. The number of benzene rings is 2. The first kappa shape index (κ1) is 18.2. The van der Waals surface area contributed by atoms with E-state index in [1.807, 2.05) is 31.2 Å². The van der Waals surface area contributed by atoms with E-state index in [9.17, 15) is 14.4 Å². The van der Waals surface area contributed by atoms with Gasteiger partial charge in [0.2, 0.25) is 5.91 Å². The van der Waals surface area contributed by atoms with Crippen molar-refractivity contribution < 1.29 is 14.0 Å². The Morgan fingerprint density at radius 3 is 2.68 bits per heavy atom. The van der Waals surface area contributed by atoms with Gasteiger partial charge < -0.3 is 9.73 Å². The lowest BCUT2D eigenvalue weighted by Gasteiger charge is -2.08. The zero-order chi connectivity index (χ0) is 19.7. The molecular weight excluding hydrogens is 376 g/mol. The molecule has 1 atom stereocenters. The van der Waals surface area contributed by atoms with Gasteiger partial charge in [-0.05, 0) is 31.2 Å². The summed E-state index contributed by atoms with van der Waals surface area (Å²) >= 11 is 1.12. The van der Waals surface area contributed by atoms with Crippen LogP contribution < -0.4 is 10.9 Å². The van der Waals surface area contributed by atoms with Crippen LogP contribution in [0.3, 0.4) is 0 Å². The fourth-order valence-corrected chi connectivity index (χ4v) is 3.93. The second kappa shape index (κ2) is 7.44. The summed E-state index contributed by atoms with van der Waals surface area (Å²) in [6.07, 6.45) is -0.0245. The molecule has 1 N–H and O–H groups in total. The molecule has 3 aromatic rings. The van der Waals surface area contributed by atoms with Crippen molar-refractivity contribution in [1.82, 2.24) is 0 Å². The van der Waals surface area contributed by atoms with E-state index < -0.39 is 16.8 Å². The van der Waals surface area contributed by atoms with E-state index in [1.54, 1.807) is 30.3 Å². The van der Waals surface area contributed by atoms with Crippen LogP contribution in [-0.4, -0.2) is 22.1 Å². The van der Waals surface area contributed by atoms with Crippen molar-refractivity contribution in [1.29, 1.82) is 0 Å². The number of amides is 2. The number of nitrogens with one attached hydrogen (secondary N) is 1. The van der Waals surface area contributed by atoms with Crippen molar-refractivity contribution in [2.45, 2.75) is 18.6 Å². The monoisotopic (exact) mass is 392 g/mol. The highest BCUT2D eigenvalue weighted by Gasteiger charge is 2.32. The highest BCUT2D eigenvalue weighted by atomic mass is 32.2. The van der Waals surface area contributed by atoms with Gasteiger partial charge in [0.15, 0.2) is 0 Å². The van der Waals surface area contributed by atoms with Crippen LogP contribution in [0.2, 0.25) is 0 Å². The summed E-state index contributed by atoms with van der Waals surface area (Å²) in [7, 11) is 0. The first-order chi connectivity index (χ1) is 13.5. The van der Waals surface area contributed by atoms with E-state index in [1.165, 1.54) is 0 Å². The molecule has 6 nitrogen and oxygen atoms in total. The third-order valence-corrected chi connectivity index (χ3v) is 5.51. The number of carbonyl (C=O) groups is 2. The summed E-state index contributed by atoms with van der Waals surface area (Å²) in [6, 6.07) is 16.2. The highest BCUT2D eigenvalue weighted by molar-refractivity contribution is 8.16. The number of fused-ring (bicyclic) bond motifs is 1. The Morgan fingerprint density at radius 1 is 1.14 bits per heavy atom. The first-order valence-electron chi connectivity index (χ1n) is 8.68. The Kier molecular flexibility index (Phi) is 4.83. The number of aryl methyl sites for hydroxylation is 1. The molecule has 0 bridgehead atoms. The molecule has 0 spiro atoms. The molecule has 2 amide bonds. The van der Waals surface area contributed by atoms with Gasteiger partial charge in [-0.25, -0.2) is 9.79 Å². The molecule has 2 aromatic carbocycles. The van der Waals surface area contributed by atoms with Crippen molar-refractivity contribution >= 4 is 45.3 Å². The smallest absolute Gasteiger partial charge is 0.346 e. The van der Waals surface area contributed by atoms with Crippen molar-refractivity contribution in [3.8, 4) is 0 Å². The molecule has 7 heteroatoms. The van der Waals surface area contributed by atoms with Crippen LogP contribution in [0.15, 0.2) is 68.8 Å². The van der Waals surface area contributed by atoms with E-state index in [0.29, 0.717) is 11.3 Å². The summed E-state index contributed by atoms with van der Waals surface area (Å²) < 4.78 is 5.31. The van der Waals surface area contributed by atoms with Gasteiger partial charge in [0.05, 0.1) is 5.56 Å². The average molecular weight is 392 g/mol. The number of nitrogens with zero attached hydrogens (tertiary/aromatic N) is 1. The first-order valence-corrected chi connectivity index (χ1v) is 9.56. The van der Waals surface area contributed by atoms with Gasteiger partial charge in [-0.2, -0.15) is 0 Å². The third-order valence-electron chi connectivity index (χ3n) is 4.32. The van der Waals surface area contributed by atoms with Gasteiger partial charge in [0.1, 0.15) is 15.9 Å². The number of rotatable bonds is 4. The molecule has 28 heavy (non-hydrogen) atoms. The van der Waals surface area contributed by atoms with E-state index in [2.05, 4.69) is 10.3 Å². The van der Waals surface area contributed by atoms with E-state index in [0.717, 1.165) is 22.7 Å². The lowest BCUT2D eigenvalue weighted by atomic mass is 10.2. The second-order valence-corrected chi connectivity index (χ2v) is 7.66. The van der Waals surface area contributed by atoms with Crippen molar-refractivity contribution in [2.24, 2.45) is 4.99 Å². The molecular formula is C21H16N2O4S. The molecule has 1 aliphatic rings. The third kappa shape index (κ3) is 3.75. The maximum absolute atomic E-state index is 12.3. The highest BCUT2D eigenvalue weighted by Crippen LogP contribution is 2.29. The Bertz CT molecular complexity index is 1160. The van der Waals surface area contributed by atoms with Crippen LogP contribution in [0.25, 0.3) is 11.0 Å². The fourth-order valence-electron chi connectivity index (χ4n) is 2.86. The van der Waals surface area contributed by atoms with Crippen molar-refractivity contribution in [3.05, 3.63) is 76.1 Å². The van der Waals surface area contributed by atoms with Gasteiger partial charge >= 0.3 is 5.63 Å². The number of anilines is 1. The Hall–Kier alpha value is -3.19. The van der Waals surface area contributed by atoms with Gasteiger partial charge in [0, 0.05) is 17.5 Å². The summed E-state index contributed by atoms with van der Waals surface area (Å²) in [5.41, 5.74) is 1.91. The van der Waals surface area contributed by atoms with E-state index in [-0.39, 0.29) is 22.9 Å². The lowest BCUT2D eigenvalue weighted by molar-refractivity contribution is -0.121. The minimum absolute atomic E-state index is 0.0245. The summed E-state index contributed by atoms with van der Waals surface area (Å²) in [6.45, 7) is 1.96. The number of aliphatic imine (C=N–C) groups is 1. The fraction of sp³-hybridized carbons (Fsp3) is 0.143. The molecule has 0 radical (unpaired) electrons. The minimum atomic E-state index is -0.661. The molecule has 4 rings (SSSR count). The standard InChI is InChI=1S/C21H16N2O4S/c1-12-6-8-14(9-7-12)22-18(24)11-17-19(25)23-20(28-17)15-10-13-4-2-3-5-16(13)27-21(15)26/h2-10,17H,11H2,1H3,(H,22,24)/t17-/m1/s1. The predicted molar refractivity (Wildman–Crippen MR) is 110 cm³/mol. The molecule has 1 aromatic heterocycles. The van der Waals surface area contributed by atoms with Crippen LogP contribution in [0.5, 0.6) is 0 Å². The van der Waals surface area contributed by atoms with Crippen molar-refractivity contribution in [3.63, 3.8) is 0 Å². The van der Waals surface area contributed by atoms with Crippen LogP contribution >= 0.6 is 11.8 Å². The molecule has 140 valence electrons. The lowest BCUT2D eigenvalue weighted by Crippen LogP contribution is -2.21. The summed E-state index contributed by atoms with van der Waals surface area (Å²) in [5.74, 6) is -0.705. The van der Waals surface area contributed by atoms with Gasteiger partial charge in [-0.15, -0.1) is 0 Å². The Labute approximate surface area is 164 Å². The predicted octanol–water partition coefficient (Wildman–Crippen LogP) is 3.52. The van der Waals surface area contributed by atoms with Gasteiger partial charge in [-0.1, -0.05) is 47.7 Å². The van der Waals surface area contributed by atoms with E-state index >= 15 is 0 Å². The average Bonchev–Trinajstić information content (AvgIpc) is 3.03. The number of hydrogen-bond acceptors (Lipinski definition) is 5. The molecule has 0 unspecified atom stereocenters. The second-order valence-electron chi connectivity index (χ2n) is 6.47. The largest absolute Gasteiger partial charge is 0.422 e. The minimum Gasteiger partial charge on any atom is -0.422 e. The summed E-state index contributed by atoms with van der Waals surface area (Å²) in [5, 5.41) is 3.14. The maximum atomic E-state index is 12.3. The number of hydrogen-bond donors (Lipinski definition) is 1. The molecule has 0 fully saturated rings. The van der Waals surface area contributed by atoms with Crippen molar-refractivity contribution in [2.75, 3.05) is 5.32 Å². The summed E-state index contributed by atoms with van der Waals surface area (Å²) in [4.78, 5) is 40.8. The van der Waals surface area contributed by atoms with Crippen LogP contribution in [0, 0.1) is 6.92 Å². The van der Waals surface area contributed by atoms with Gasteiger partial charge in [-0.3, -0.25) is 9.59 Å². The van der Waals surface area contributed by atoms with Gasteiger partial charge in [0.25, 0.3) is 5.91 Å². The zero-order valence-electron chi connectivity index (χ0n) is 15.0. The normalized spacial score (nSPS) is 16.2. The van der Waals surface area contributed by atoms with Crippen LogP contribution in [0.1, 0.15) is 17.5 Å². The Morgan fingerprint density at radius 2 is 1.89 bits per heavy atom. The molecule has 0 saturated carbocycles. The molecule has 1 aliphatic heterocycles.